The van der Waals surface area contributed by atoms with Crippen LogP contribution in [0.5, 0.6) is 11.5 Å². The highest BCUT2D eigenvalue weighted by Gasteiger charge is 2.34. The van der Waals surface area contributed by atoms with Crippen molar-refractivity contribution in [1.29, 1.82) is 0 Å². The molecule has 1 unspecified atom stereocenters. The van der Waals surface area contributed by atoms with Crippen LogP contribution in [0, 0.1) is 6.92 Å². The Labute approximate surface area is 69.4 Å². The molecule has 0 fully saturated rings. The molecule has 5 heteroatoms. The van der Waals surface area contributed by atoms with Crippen molar-refractivity contribution in [1.82, 2.24) is 0 Å². The van der Waals surface area contributed by atoms with Crippen LogP contribution in [-0.4, -0.2) is 4.89 Å². The van der Waals surface area contributed by atoms with Crippen LogP contribution in [0.15, 0.2) is 18.2 Å². The van der Waals surface area contributed by atoms with E-state index in [2.05, 4.69) is 9.05 Å². The summed E-state index contributed by atoms with van der Waals surface area (Å²) in [5, 5.41) is 0. The summed E-state index contributed by atoms with van der Waals surface area (Å²) in [6, 6.07) is 5.05. The van der Waals surface area contributed by atoms with Crippen LogP contribution in [0.2, 0.25) is 0 Å². The van der Waals surface area contributed by atoms with Crippen molar-refractivity contribution in [3.63, 3.8) is 0 Å². The van der Waals surface area contributed by atoms with Crippen molar-refractivity contribution in [2.45, 2.75) is 6.92 Å². The Morgan fingerprint density at radius 2 is 2.00 bits per heavy atom. The molecule has 0 bridgehead atoms. The molecule has 0 amide bonds. The molecule has 0 aromatic heterocycles. The number of phosphoric ester groups is 1. The van der Waals surface area contributed by atoms with Gasteiger partial charge in [0, 0.05) is 0 Å². The van der Waals surface area contributed by atoms with E-state index >= 15 is 0 Å². The Kier molecular flexibility index (Phi) is 1.43. The lowest BCUT2D eigenvalue weighted by molar-refractivity contribution is 0.324. The molecule has 0 radical (unpaired) electrons. The topological polar surface area (TPSA) is 55.8 Å². The lowest BCUT2D eigenvalue weighted by Crippen LogP contribution is -1.87. The second-order valence-corrected chi connectivity index (χ2v) is 3.90. The van der Waals surface area contributed by atoms with Gasteiger partial charge in [-0.15, -0.1) is 0 Å². The van der Waals surface area contributed by atoms with Gasteiger partial charge in [-0.1, -0.05) is 6.07 Å². The van der Waals surface area contributed by atoms with Crippen LogP contribution in [0.1, 0.15) is 5.56 Å². The van der Waals surface area contributed by atoms with Crippen molar-refractivity contribution in [2.75, 3.05) is 0 Å². The van der Waals surface area contributed by atoms with E-state index in [1.807, 2.05) is 6.92 Å². The van der Waals surface area contributed by atoms with E-state index in [4.69, 9.17) is 4.89 Å². The molecule has 2 rings (SSSR count). The number of hydrogen-bond acceptors (Lipinski definition) is 3. The van der Waals surface area contributed by atoms with Crippen molar-refractivity contribution >= 4 is 7.82 Å². The highest BCUT2D eigenvalue weighted by Crippen LogP contribution is 2.55. The maximum absolute atomic E-state index is 10.9. The van der Waals surface area contributed by atoms with Crippen molar-refractivity contribution < 1.29 is 18.5 Å². The number of aryl methyl sites for hydroxylation is 1. The molecule has 1 aromatic carbocycles. The third-order valence-electron chi connectivity index (χ3n) is 1.53. The Hall–Kier alpha value is -0.990. The summed E-state index contributed by atoms with van der Waals surface area (Å²) in [5.74, 6) is 0.660. The molecule has 64 valence electrons. The Balaban J connectivity index is 2.49. The Morgan fingerprint density at radius 1 is 1.33 bits per heavy atom. The third-order valence-corrected chi connectivity index (χ3v) is 2.38. The predicted molar refractivity (Wildman–Crippen MR) is 42.3 cm³/mol. The number of phosphoric acid groups is 1. The van der Waals surface area contributed by atoms with E-state index in [0.717, 1.165) is 5.56 Å². The lowest BCUT2D eigenvalue weighted by atomic mass is 10.2. The first kappa shape index (κ1) is 7.65. The van der Waals surface area contributed by atoms with Gasteiger partial charge >= 0.3 is 7.82 Å². The second-order valence-electron chi connectivity index (χ2n) is 2.60. The van der Waals surface area contributed by atoms with E-state index in [1.54, 1.807) is 18.2 Å². The summed E-state index contributed by atoms with van der Waals surface area (Å²) in [4.78, 5) is 8.92. The van der Waals surface area contributed by atoms with Crippen molar-refractivity contribution in [3.05, 3.63) is 23.8 Å². The van der Waals surface area contributed by atoms with Gasteiger partial charge in [0.15, 0.2) is 11.5 Å². The fourth-order valence-corrected chi connectivity index (χ4v) is 1.86. The smallest absolute Gasteiger partial charge is 0.391 e. The molecule has 4 nitrogen and oxygen atoms in total. The van der Waals surface area contributed by atoms with Gasteiger partial charge in [0.05, 0.1) is 0 Å². The molecule has 12 heavy (non-hydrogen) atoms. The molecule has 1 heterocycles. The van der Waals surface area contributed by atoms with E-state index in [0.29, 0.717) is 11.5 Å². The minimum Gasteiger partial charge on any atom is -0.391 e. The van der Waals surface area contributed by atoms with Crippen molar-refractivity contribution in [2.24, 2.45) is 0 Å². The molecule has 1 atom stereocenters. The van der Waals surface area contributed by atoms with Gasteiger partial charge in [-0.3, -0.25) is 4.89 Å². The van der Waals surface area contributed by atoms with E-state index in [-0.39, 0.29) is 0 Å². The van der Waals surface area contributed by atoms with Crippen molar-refractivity contribution in [3.8, 4) is 11.5 Å². The van der Waals surface area contributed by atoms with Gasteiger partial charge in [0.2, 0.25) is 0 Å². The summed E-state index contributed by atoms with van der Waals surface area (Å²) >= 11 is 0. The SMILES string of the molecule is Cc1ccc2c(c1)OP(=O)(O)O2. The van der Waals surface area contributed by atoms with Gasteiger partial charge < -0.3 is 9.05 Å². The van der Waals surface area contributed by atoms with Gasteiger partial charge in [-0.2, -0.15) is 0 Å². The maximum Gasteiger partial charge on any atom is 0.585 e. The van der Waals surface area contributed by atoms with Crippen LogP contribution in [-0.2, 0) is 4.57 Å². The van der Waals surface area contributed by atoms with Crippen LogP contribution < -0.4 is 9.05 Å². The molecule has 0 spiro atoms. The molecule has 1 aliphatic heterocycles. The van der Waals surface area contributed by atoms with Gasteiger partial charge in [-0.25, -0.2) is 4.57 Å². The van der Waals surface area contributed by atoms with Gasteiger partial charge in [-0.05, 0) is 24.6 Å². The highest BCUT2D eigenvalue weighted by molar-refractivity contribution is 7.48. The number of hydrogen-bond donors (Lipinski definition) is 1. The zero-order valence-electron chi connectivity index (χ0n) is 6.35. The first-order chi connectivity index (χ1) is 5.57. The normalized spacial score (nSPS) is 25.8. The van der Waals surface area contributed by atoms with Crippen LogP contribution in [0.4, 0.5) is 0 Å². The summed E-state index contributed by atoms with van der Waals surface area (Å²) in [6.45, 7) is 1.87. The largest absolute Gasteiger partial charge is 0.585 e. The lowest BCUT2D eigenvalue weighted by Gasteiger charge is -1.97. The number of rotatable bonds is 0. The molecule has 1 aromatic rings. The molecular formula is C7H7O4P. The quantitative estimate of drug-likeness (QED) is 0.628. The number of benzene rings is 1. The zero-order valence-corrected chi connectivity index (χ0v) is 7.25. The summed E-state index contributed by atoms with van der Waals surface area (Å²) < 4.78 is 20.2. The average Bonchev–Trinajstić information content (AvgIpc) is 2.21. The first-order valence-electron chi connectivity index (χ1n) is 3.39. The van der Waals surface area contributed by atoms with E-state index in [9.17, 15) is 4.57 Å². The average molecular weight is 186 g/mol. The molecule has 0 aliphatic carbocycles. The van der Waals surface area contributed by atoms with Gasteiger partial charge in [0.1, 0.15) is 0 Å². The molecule has 0 saturated carbocycles. The zero-order chi connectivity index (χ0) is 8.77. The molecule has 1 N–H and O–H groups in total. The Bertz CT molecular complexity index is 374. The highest BCUT2D eigenvalue weighted by atomic mass is 31.2. The number of fused-ring (bicyclic) bond motifs is 1. The van der Waals surface area contributed by atoms with E-state index < -0.39 is 7.82 Å². The molecule has 0 saturated heterocycles. The fraction of sp³-hybridized carbons (Fsp3) is 0.143. The maximum atomic E-state index is 10.9. The van der Waals surface area contributed by atoms with Crippen LogP contribution in [0.3, 0.4) is 0 Å². The molecule has 1 aliphatic rings. The minimum atomic E-state index is -3.84. The summed E-state index contributed by atoms with van der Waals surface area (Å²) in [5.41, 5.74) is 0.958. The van der Waals surface area contributed by atoms with E-state index in [1.165, 1.54) is 0 Å². The summed E-state index contributed by atoms with van der Waals surface area (Å²) in [6.07, 6.45) is 0. The fourth-order valence-electron chi connectivity index (χ4n) is 1.03. The monoisotopic (exact) mass is 186 g/mol. The van der Waals surface area contributed by atoms with Crippen LogP contribution >= 0.6 is 7.82 Å². The van der Waals surface area contributed by atoms with Gasteiger partial charge in [0.25, 0.3) is 0 Å². The standard InChI is InChI=1S/C7H7O4P/c1-5-2-3-6-7(4-5)11-12(8,9)10-6/h2-4H,1H3,(H,8,9). The first-order valence-corrected chi connectivity index (χ1v) is 4.89. The molecular weight excluding hydrogens is 179 g/mol. The van der Waals surface area contributed by atoms with Crippen LogP contribution in [0.25, 0.3) is 0 Å². The summed E-state index contributed by atoms with van der Waals surface area (Å²) in [7, 11) is -3.84. The second kappa shape index (κ2) is 2.25. The minimum absolute atomic E-state index is 0.325. The Morgan fingerprint density at radius 3 is 2.75 bits per heavy atom. The predicted octanol–water partition coefficient (Wildman–Crippen LogP) is 1.87. The third kappa shape index (κ3) is 1.19.